The SMILES string of the molecule is Cc1cccc(C(=O)N=C(OC(C)C)N2CCC(C)CC2)c1. The summed E-state index contributed by atoms with van der Waals surface area (Å²) in [6, 6.07) is 7.97. The van der Waals surface area contributed by atoms with Gasteiger partial charge in [-0.05, 0) is 51.7 Å². The van der Waals surface area contributed by atoms with Crippen molar-refractivity contribution in [1.82, 2.24) is 4.90 Å². The first-order valence-electron chi connectivity index (χ1n) is 8.07. The number of amides is 1. The molecule has 120 valence electrons. The number of rotatable bonds is 2. The molecular formula is C18H26N2O2. The number of hydrogen-bond acceptors (Lipinski definition) is 2. The van der Waals surface area contributed by atoms with Crippen LogP contribution in [0.25, 0.3) is 0 Å². The minimum Gasteiger partial charge on any atom is -0.462 e. The van der Waals surface area contributed by atoms with Gasteiger partial charge in [0.2, 0.25) is 0 Å². The Morgan fingerprint density at radius 2 is 2.00 bits per heavy atom. The molecule has 0 saturated carbocycles. The molecule has 4 nitrogen and oxygen atoms in total. The van der Waals surface area contributed by atoms with Gasteiger partial charge in [0, 0.05) is 18.7 Å². The smallest absolute Gasteiger partial charge is 0.295 e. The predicted octanol–water partition coefficient (Wildman–Crippen LogP) is 3.65. The Morgan fingerprint density at radius 1 is 1.32 bits per heavy atom. The molecule has 1 saturated heterocycles. The van der Waals surface area contributed by atoms with Gasteiger partial charge < -0.3 is 9.64 Å². The van der Waals surface area contributed by atoms with Gasteiger partial charge in [-0.1, -0.05) is 24.6 Å². The molecule has 1 amide bonds. The van der Waals surface area contributed by atoms with Gasteiger partial charge in [0.05, 0.1) is 6.10 Å². The van der Waals surface area contributed by atoms with Gasteiger partial charge in [-0.15, -0.1) is 0 Å². The van der Waals surface area contributed by atoms with Crippen LogP contribution in [-0.2, 0) is 4.74 Å². The Labute approximate surface area is 133 Å². The van der Waals surface area contributed by atoms with Crippen molar-refractivity contribution >= 4 is 11.9 Å². The Kier molecular flexibility index (Phi) is 5.58. The molecule has 0 spiro atoms. The van der Waals surface area contributed by atoms with Crippen LogP contribution in [-0.4, -0.2) is 36.0 Å². The van der Waals surface area contributed by atoms with Gasteiger partial charge in [-0.25, -0.2) is 0 Å². The van der Waals surface area contributed by atoms with Crippen LogP contribution in [0, 0.1) is 12.8 Å². The Morgan fingerprint density at radius 3 is 2.59 bits per heavy atom. The molecule has 0 atom stereocenters. The van der Waals surface area contributed by atoms with E-state index < -0.39 is 0 Å². The number of ether oxygens (including phenoxy) is 1. The van der Waals surface area contributed by atoms with Gasteiger partial charge in [-0.2, -0.15) is 4.99 Å². The summed E-state index contributed by atoms with van der Waals surface area (Å²) in [6.45, 7) is 9.94. The molecule has 0 N–H and O–H groups in total. The average molecular weight is 302 g/mol. The summed E-state index contributed by atoms with van der Waals surface area (Å²) in [5.41, 5.74) is 1.66. The normalized spacial score (nSPS) is 17.0. The summed E-state index contributed by atoms with van der Waals surface area (Å²) >= 11 is 0. The van der Waals surface area contributed by atoms with Crippen LogP contribution in [0.15, 0.2) is 29.3 Å². The molecule has 1 aromatic carbocycles. The fraction of sp³-hybridized carbons (Fsp3) is 0.556. The van der Waals surface area contributed by atoms with E-state index >= 15 is 0 Å². The van der Waals surface area contributed by atoms with E-state index in [4.69, 9.17) is 4.74 Å². The maximum atomic E-state index is 12.4. The van der Waals surface area contributed by atoms with Gasteiger partial charge in [0.1, 0.15) is 0 Å². The van der Waals surface area contributed by atoms with E-state index in [9.17, 15) is 4.79 Å². The Hall–Kier alpha value is -1.84. The van der Waals surface area contributed by atoms with Crippen molar-refractivity contribution in [2.45, 2.75) is 46.6 Å². The lowest BCUT2D eigenvalue weighted by Gasteiger charge is -2.32. The fourth-order valence-corrected chi connectivity index (χ4v) is 2.51. The monoisotopic (exact) mass is 302 g/mol. The number of nitrogens with zero attached hydrogens (tertiary/aromatic N) is 2. The molecule has 0 unspecified atom stereocenters. The van der Waals surface area contributed by atoms with E-state index in [1.165, 1.54) is 0 Å². The van der Waals surface area contributed by atoms with Crippen molar-refractivity contribution in [3.05, 3.63) is 35.4 Å². The summed E-state index contributed by atoms with van der Waals surface area (Å²) < 4.78 is 5.80. The van der Waals surface area contributed by atoms with Gasteiger partial charge >= 0.3 is 0 Å². The van der Waals surface area contributed by atoms with E-state index in [1.807, 2.05) is 39.0 Å². The summed E-state index contributed by atoms with van der Waals surface area (Å²) in [5.74, 6) is 0.488. The highest BCUT2D eigenvalue weighted by Crippen LogP contribution is 2.17. The maximum absolute atomic E-state index is 12.4. The third kappa shape index (κ3) is 4.58. The predicted molar refractivity (Wildman–Crippen MR) is 89.1 cm³/mol. The first kappa shape index (κ1) is 16.5. The van der Waals surface area contributed by atoms with E-state index in [0.29, 0.717) is 11.6 Å². The molecule has 1 aliphatic rings. The van der Waals surface area contributed by atoms with Gasteiger partial charge in [0.15, 0.2) is 0 Å². The lowest BCUT2D eigenvalue weighted by molar-refractivity contribution is 0.0984. The molecule has 4 heteroatoms. The molecule has 22 heavy (non-hydrogen) atoms. The summed E-state index contributed by atoms with van der Waals surface area (Å²) in [5, 5.41) is 0. The zero-order valence-corrected chi connectivity index (χ0v) is 14.0. The topological polar surface area (TPSA) is 41.9 Å². The number of aryl methyl sites for hydroxylation is 1. The number of likely N-dealkylation sites (tertiary alicyclic amines) is 1. The number of amidine groups is 1. The Balaban J connectivity index is 2.18. The minimum absolute atomic E-state index is 0.00316. The van der Waals surface area contributed by atoms with Crippen LogP contribution >= 0.6 is 0 Å². The van der Waals surface area contributed by atoms with E-state index in [0.717, 1.165) is 37.4 Å². The molecule has 1 fully saturated rings. The summed E-state index contributed by atoms with van der Waals surface area (Å²) in [6.07, 6.45) is 2.22. The van der Waals surface area contributed by atoms with E-state index in [-0.39, 0.29) is 12.0 Å². The molecule has 0 bridgehead atoms. The maximum Gasteiger partial charge on any atom is 0.295 e. The van der Waals surface area contributed by atoms with Gasteiger partial charge in [-0.3, -0.25) is 4.79 Å². The molecule has 1 aromatic rings. The van der Waals surface area contributed by atoms with Crippen LogP contribution in [0.5, 0.6) is 0 Å². The molecule has 0 aliphatic carbocycles. The number of carbonyl (C=O) groups is 1. The van der Waals surface area contributed by atoms with Crippen molar-refractivity contribution < 1.29 is 9.53 Å². The highest BCUT2D eigenvalue weighted by Gasteiger charge is 2.22. The van der Waals surface area contributed by atoms with E-state index in [2.05, 4.69) is 16.8 Å². The number of piperidine rings is 1. The van der Waals surface area contributed by atoms with Crippen LogP contribution in [0.2, 0.25) is 0 Å². The zero-order valence-electron chi connectivity index (χ0n) is 14.0. The molecule has 2 rings (SSSR count). The number of benzene rings is 1. The van der Waals surface area contributed by atoms with Gasteiger partial charge in [0.25, 0.3) is 11.9 Å². The second-order valence-electron chi connectivity index (χ2n) is 6.41. The Bertz CT molecular complexity index is 544. The molecule has 0 aromatic heterocycles. The quantitative estimate of drug-likeness (QED) is 0.618. The summed E-state index contributed by atoms with van der Waals surface area (Å²) in [4.78, 5) is 18.8. The number of aliphatic imine (C=N–C) groups is 1. The van der Waals surface area contributed by atoms with Crippen molar-refractivity contribution in [1.29, 1.82) is 0 Å². The lowest BCUT2D eigenvalue weighted by Crippen LogP contribution is -2.40. The van der Waals surface area contributed by atoms with Crippen molar-refractivity contribution in [2.24, 2.45) is 10.9 Å². The molecule has 1 heterocycles. The molecule has 1 aliphatic heterocycles. The second kappa shape index (κ2) is 7.43. The zero-order chi connectivity index (χ0) is 16.1. The summed E-state index contributed by atoms with van der Waals surface area (Å²) in [7, 11) is 0. The van der Waals surface area contributed by atoms with Crippen molar-refractivity contribution in [2.75, 3.05) is 13.1 Å². The fourth-order valence-electron chi connectivity index (χ4n) is 2.51. The molecular weight excluding hydrogens is 276 g/mol. The standard InChI is InChI=1S/C18H26N2O2/c1-13(2)22-18(20-10-8-14(3)9-11-20)19-17(21)16-7-5-6-15(4)12-16/h5-7,12-14H,8-11H2,1-4H3. The minimum atomic E-state index is -0.238. The number of carbonyl (C=O) groups excluding carboxylic acids is 1. The molecule has 0 radical (unpaired) electrons. The highest BCUT2D eigenvalue weighted by atomic mass is 16.5. The second-order valence-corrected chi connectivity index (χ2v) is 6.41. The first-order chi connectivity index (χ1) is 10.5. The third-order valence-corrected chi connectivity index (χ3v) is 3.86. The number of hydrogen-bond donors (Lipinski definition) is 0. The van der Waals surface area contributed by atoms with Crippen molar-refractivity contribution in [3.8, 4) is 0 Å². The van der Waals surface area contributed by atoms with E-state index in [1.54, 1.807) is 6.07 Å². The largest absolute Gasteiger partial charge is 0.462 e. The van der Waals surface area contributed by atoms with Crippen molar-refractivity contribution in [3.63, 3.8) is 0 Å². The third-order valence-electron chi connectivity index (χ3n) is 3.86. The average Bonchev–Trinajstić information content (AvgIpc) is 2.47. The lowest BCUT2D eigenvalue weighted by atomic mass is 10.00. The van der Waals surface area contributed by atoms with Crippen LogP contribution in [0.1, 0.15) is 49.5 Å². The van der Waals surface area contributed by atoms with Crippen LogP contribution in [0.3, 0.4) is 0 Å². The van der Waals surface area contributed by atoms with Crippen LogP contribution < -0.4 is 0 Å². The van der Waals surface area contributed by atoms with Crippen LogP contribution in [0.4, 0.5) is 0 Å². The first-order valence-corrected chi connectivity index (χ1v) is 8.07. The highest BCUT2D eigenvalue weighted by molar-refractivity contribution is 6.01.